The molecule has 0 aromatic heterocycles. The maximum atomic E-state index is 12.7. The molecule has 0 aliphatic carbocycles. The third-order valence-corrected chi connectivity index (χ3v) is 4.83. The summed E-state index contributed by atoms with van der Waals surface area (Å²) in [5.74, 6) is -0.809. The molecule has 2 rings (SSSR count). The van der Waals surface area contributed by atoms with Gasteiger partial charge in [0, 0.05) is 26.2 Å². The number of amides is 4. The van der Waals surface area contributed by atoms with Crippen molar-refractivity contribution in [1.82, 2.24) is 20.0 Å². The van der Waals surface area contributed by atoms with Crippen LogP contribution in [-0.2, 0) is 19.2 Å². The molecule has 4 amide bonds. The van der Waals surface area contributed by atoms with Gasteiger partial charge in [0.25, 0.3) is 0 Å². The standard InChI is InChI=1S/C17H29N5O4/c1-11(2)8-13-17(26)20(5-4-19-13)10-15(24)22-7-6-21(9-14(18)23)16(25)12(22)3/h11-13,19H,4-10H2,1-3H3,(H2,18,23). The number of hydrogen-bond donors (Lipinski definition) is 2. The van der Waals surface area contributed by atoms with E-state index in [1.165, 1.54) is 9.80 Å². The Morgan fingerprint density at radius 1 is 1.12 bits per heavy atom. The summed E-state index contributed by atoms with van der Waals surface area (Å²) in [5, 5.41) is 3.20. The van der Waals surface area contributed by atoms with Gasteiger partial charge in [0.15, 0.2) is 0 Å². The van der Waals surface area contributed by atoms with Crippen molar-refractivity contribution in [1.29, 1.82) is 0 Å². The van der Waals surface area contributed by atoms with E-state index < -0.39 is 11.9 Å². The van der Waals surface area contributed by atoms with Gasteiger partial charge in [0.05, 0.1) is 19.1 Å². The van der Waals surface area contributed by atoms with Crippen LogP contribution in [0.25, 0.3) is 0 Å². The Bertz CT molecular complexity index is 580. The number of nitrogens with zero attached hydrogens (tertiary/aromatic N) is 3. The van der Waals surface area contributed by atoms with E-state index in [9.17, 15) is 19.2 Å². The number of nitrogens with two attached hydrogens (primary N) is 1. The smallest absolute Gasteiger partial charge is 0.245 e. The van der Waals surface area contributed by atoms with Crippen molar-refractivity contribution in [2.45, 2.75) is 39.3 Å². The first-order chi connectivity index (χ1) is 12.2. The lowest BCUT2D eigenvalue weighted by atomic mass is 10.0. The molecular formula is C17H29N5O4. The molecule has 2 saturated heterocycles. The van der Waals surface area contributed by atoms with E-state index in [1.807, 2.05) is 0 Å². The predicted molar refractivity (Wildman–Crippen MR) is 94.8 cm³/mol. The molecule has 9 nitrogen and oxygen atoms in total. The summed E-state index contributed by atoms with van der Waals surface area (Å²) < 4.78 is 0. The maximum Gasteiger partial charge on any atom is 0.245 e. The lowest BCUT2D eigenvalue weighted by Crippen LogP contribution is -2.62. The van der Waals surface area contributed by atoms with E-state index >= 15 is 0 Å². The van der Waals surface area contributed by atoms with Gasteiger partial charge >= 0.3 is 0 Å². The van der Waals surface area contributed by atoms with Crippen LogP contribution in [0.5, 0.6) is 0 Å². The van der Waals surface area contributed by atoms with E-state index in [0.717, 1.165) is 6.42 Å². The van der Waals surface area contributed by atoms with Crippen LogP contribution in [-0.4, -0.2) is 89.7 Å². The lowest BCUT2D eigenvalue weighted by Gasteiger charge is -2.40. The van der Waals surface area contributed by atoms with E-state index in [0.29, 0.717) is 25.6 Å². The van der Waals surface area contributed by atoms with Crippen LogP contribution in [0.1, 0.15) is 27.2 Å². The third-order valence-electron chi connectivity index (χ3n) is 4.83. The van der Waals surface area contributed by atoms with Crippen LogP contribution >= 0.6 is 0 Å². The zero-order valence-corrected chi connectivity index (χ0v) is 15.7. The van der Waals surface area contributed by atoms with Crippen molar-refractivity contribution in [3.8, 4) is 0 Å². The average Bonchev–Trinajstić information content (AvgIpc) is 2.55. The molecule has 0 bridgehead atoms. The number of hydrogen-bond acceptors (Lipinski definition) is 5. The van der Waals surface area contributed by atoms with Crippen LogP contribution in [0.2, 0.25) is 0 Å². The van der Waals surface area contributed by atoms with Crippen LogP contribution in [0.3, 0.4) is 0 Å². The molecule has 2 aliphatic heterocycles. The number of primary amides is 1. The van der Waals surface area contributed by atoms with Gasteiger partial charge in [-0.15, -0.1) is 0 Å². The summed E-state index contributed by atoms with van der Waals surface area (Å²) in [6.07, 6.45) is 0.726. The Balaban J connectivity index is 1.96. The van der Waals surface area contributed by atoms with Crippen molar-refractivity contribution in [2.75, 3.05) is 39.3 Å². The summed E-state index contributed by atoms with van der Waals surface area (Å²) in [7, 11) is 0. The largest absolute Gasteiger partial charge is 0.368 e. The molecular weight excluding hydrogens is 338 g/mol. The highest BCUT2D eigenvalue weighted by Crippen LogP contribution is 2.14. The normalized spacial score (nSPS) is 24.4. The number of rotatable bonds is 6. The average molecular weight is 367 g/mol. The zero-order chi connectivity index (χ0) is 19.4. The van der Waals surface area contributed by atoms with Crippen molar-refractivity contribution < 1.29 is 19.2 Å². The van der Waals surface area contributed by atoms with Crippen LogP contribution in [0.15, 0.2) is 0 Å². The molecule has 146 valence electrons. The molecule has 2 atom stereocenters. The Morgan fingerprint density at radius 3 is 2.38 bits per heavy atom. The lowest BCUT2D eigenvalue weighted by molar-refractivity contribution is -0.154. The van der Waals surface area contributed by atoms with Crippen molar-refractivity contribution >= 4 is 23.6 Å². The first-order valence-corrected chi connectivity index (χ1v) is 9.09. The highest BCUT2D eigenvalue weighted by Gasteiger charge is 2.37. The highest BCUT2D eigenvalue weighted by molar-refractivity contribution is 5.93. The summed E-state index contributed by atoms with van der Waals surface area (Å²) in [5.41, 5.74) is 5.15. The molecule has 2 unspecified atom stereocenters. The summed E-state index contributed by atoms with van der Waals surface area (Å²) >= 11 is 0. The molecule has 2 heterocycles. The van der Waals surface area contributed by atoms with Gasteiger partial charge in [0.1, 0.15) is 6.04 Å². The molecule has 0 radical (unpaired) electrons. The second-order valence-electron chi connectivity index (χ2n) is 7.39. The second-order valence-corrected chi connectivity index (χ2v) is 7.39. The SMILES string of the molecule is CC(C)CC1NCCN(CC(=O)N2CCN(CC(N)=O)C(=O)C2C)C1=O. The molecule has 2 aliphatic rings. The molecule has 3 N–H and O–H groups in total. The Labute approximate surface area is 153 Å². The summed E-state index contributed by atoms with van der Waals surface area (Å²) in [6, 6.07) is -0.928. The molecule has 2 fully saturated rings. The Hall–Kier alpha value is -2.16. The first-order valence-electron chi connectivity index (χ1n) is 9.09. The fourth-order valence-corrected chi connectivity index (χ4v) is 3.47. The van der Waals surface area contributed by atoms with Crippen LogP contribution in [0, 0.1) is 5.92 Å². The molecule has 0 spiro atoms. The number of carbonyl (C=O) groups excluding carboxylic acids is 4. The van der Waals surface area contributed by atoms with Gasteiger partial charge in [0.2, 0.25) is 23.6 Å². The fourth-order valence-electron chi connectivity index (χ4n) is 3.47. The Morgan fingerprint density at radius 2 is 1.77 bits per heavy atom. The predicted octanol–water partition coefficient (Wildman–Crippen LogP) is -1.62. The Kier molecular flexibility index (Phi) is 6.57. The second kappa shape index (κ2) is 8.48. The summed E-state index contributed by atoms with van der Waals surface area (Å²) in [4.78, 5) is 53.0. The monoisotopic (exact) mass is 367 g/mol. The van der Waals surface area contributed by atoms with Crippen molar-refractivity contribution in [3.63, 3.8) is 0 Å². The quantitative estimate of drug-likeness (QED) is 0.585. The third kappa shape index (κ3) is 4.72. The van der Waals surface area contributed by atoms with Crippen molar-refractivity contribution in [3.05, 3.63) is 0 Å². The number of carbonyl (C=O) groups is 4. The topological polar surface area (TPSA) is 116 Å². The maximum absolute atomic E-state index is 12.7. The van der Waals surface area contributed by atoms with E-state index in [2.05, 4.69) is 19.2 Å². The minimum atomic E-state index is -0.667. The first kappa shape index (κ1) is 20.2. The van der Waals surface area contributed by atoms with Crippen LogP contribution < -0.4 is 11.1 Å². The van der Waals surface area contributed by atoms with Gasteiger partial charge in [-0.1, -0.05) is 13.8 Å². The molecule has 26 heavy (non-hydrogen) atoms. The fraction of sp³-hybridized carbons (Fsp3) is 0.765. The van der Waals surface area contributed by atoms with E-state index in [4.69, 9.17) is 5.73 Å². The van der Waals surface area contributed by atoms with E-state index in [-0.39, 0.29) is 43.4 Å². The van der Waals surface area contributed by atoms with Gasteiger partial charge < -0.3 is 25.8 Å². The van der Waals surface area contributed by atoms with E-state index in [1.54, 1.807) is 11.8 Å². The van der Waals surface area contributed by atoms with Gasteiger partial charge in [-0.3, -0.25) is 19.2 Å². The van der Waals surface area contributed by atoms with Crippen LogP contribution in [0.4, 0.5) is 0 Å². The minimum absolute atomic E-state index is 0.0252. The molecule has 9 heteroatoms. The summed E-state index contributed by atoms with van der Waals surface area (Å²) in [6.45, 7) is 7.30. The zero-order valence-electron chi connectivity index (χ0n) is 15.7. The van der Waals surface area contributed by atoms with Crippen molar-refractivity contribution in [2.24, 2.45) is 11.7 Å². The highest BCUT2D eigenvalue weighted by atomic mass is 16.2. The van der Waals surface area contributed by atoms with Gasteiger partial charge in [-0.25, -0.2) is 0 Å². The van der Waals surface area contributed by atoms with Gasteiger partial charge in [-0.05, 0) is 19.3 Å². The number of piperazine rings is 2. The molecule has 0 saturated carbocycles. The minimum Gasteiger partial charge on any atom is -0.368 e. The number of nitrogens with one attached hydrogen (secondary N) is 1. The van der Waals surface area contributed by atoms with Gasteiger partial charge in [-0.2, -0.15) is 0 Å². The molecule has 0 aromatic carbocycles. The molecule has 0 aromatic rings.